The number of benzene rings is 2. The first kappa shape index (κ1) is 12.9. The zero-order chi connectivity index (χ0) is 15.2. The molecule has 22 heavy (non-hydrogen) atoms. The maximum atomic E-state index is 12.6. The number of ether oxygens (including phenoxy) is 1. The molecule has 1 fully saturated rings. The molecule has 2 atom stereocenters. The lowest BCUT2D eigenvalue weighted by atomic mass is 9.99. The molecule has 0 radical (unpaired) electrons. The molecule has 1 amide bonds. The quantitative estimate of drug-likeness (QED) is 0.660. The van der Waals surface area contributed by atoms with Crippen LogP contribution in [0, 0.1) is 5.92 Å². The molecule has 1 heterocycles. The van der Waals surface area contributed by atoms with Gasteiger partial charge in [-0.15, -0.1) is 0 Å². The summed E-state index contributed by atoms with van der Waals surface area (Å²) in [7, 11) is 0. The van der Waals surface area contributed by atoms with E-state index in [1.807, 2.05) is 48.5 Å². The second kappa shape index (κ2) is 4.59. The van der Waals surface area contributed by atoms with E-state index in [1.54, 1.807) is 6.07 Å². The fourth-order valence-corrected chi connectivity index (χ4v) is 3.01. The maximum Gasteiger partial charge on any atom is 0.269 e. The van der Waals surface area contributed by atoms with Gasteiger partial charge in [-0.05, 0) is 24.3 Å². The van der Waals surface area contributed by atoms with Crippen LogP contribution in [0.5, 0.6) is 5.75 Å². The molecule has 0 unspecified atom stereocenters. The molecule has 2 aromatic carbocycles. The van der Waals surface area contributed by atoms with Crippen LogP contribution in [0.3, 0.4) is 0 Å². The van der Waals surface area contributed by atoms with Gasteiger partial charge in [0.05, 0.1) is 11.6 Å². The van der Waals surface area contributed by atoms with E-state index in [2.05, 4.69) is 10.5 Å². The minimum atomic E-state index is -0.967. The van der Waals surface area contributed by atoms with E-state index >= 15 is 0 Å². The van der Waals surface area contributed by atoms with E-state index in [9.17, 15) is 10.0 Å². The molecule has 5 heteroatoms. The van der Waals surface area contributed by atoms with Gasteiger partial charge in [0, 0.05) is 17.7 Å². The van der Waals surface area contributed by atoms with Gasteiger partial charge in [0.25, 0.3) is 5.91 Å². The number of nitrogens with zero attached hydrogens (tertiary/aromatic N) is 1. The fraction of sp³-hybridized carbons (Fsp3) is 0.176. The molecule has 1 saturated carbocycles. The third kappa shape index (κ3) is 1.79. The van der Waals surface area contributed by atoms with Crippen molar-refractivity contribution in [1.82, 2.24) is 0 Å². The number of oxime groups is 1. The molecule has 110 valence electrons. The summed E-state index contributed by atoms with van der Waals surface area (Å²) in [5.74, 6) is 0.155. The minimum absolute atomic E-state index is 0.209. The van der Waals surface area contributed by atoms with Crippen LogP contribution in [0.15, 0.2) is 59.8 Å². The largest absolute Gasteiger partial charge is 0.476 e. The Morgan fingerprint density at radius 3 is 2.68 bits per heavy atom. The second-order valence-corrected chi connectivity index (χ2v) is 5.55. The zero-order valence-corrected chi connectivity index (χ0v) is 11.7. The number of carbonyl (C=O) groups is 1. The molecule has 0 spiro atoms. The average molecular weight is 294 g/mol. The van der Waals surface area contributed by atoms with Crippen molar-refractivity contribution in [3.63, 3.8) is 0 Å². The Morgan fingerprint density at radius 1 is 1.18 bits per heavy atom. The Morgan fingerprint density at radius 2 is 1.91 bits per heavy atom. The number of hydrogen-bond acceptors (Lipinski definition) is 4. The van der Waals surface area contributed by atoms with Crippen LogP contribution in [-0.2, 0) is 4.79 Å². The van der Waals surface area contributed by atoms with Crippen molar-refractivity contribution in [3.8, 4) is 5.75 Å². The topological polar surface area (TPSA) is 70.9 Å². The Balaban J connectivity index is 1.66. The summed E-state index contributed by atoms with van der Waals surface area (Å²) < 4.78 is 5.96. The lowest BCUT2D eigenvalue weighted by Gasteiger charge is -2.25. The number of nitrogens with one attached hydrogen (secondary N) is 1. The predicted molar refractivity (Wildman–Crippen MR) is 81.3 cm³/mol. The average Bonchev–Trinajstić information content (AvgIpc) is 3.29. The molecule has 1 aliphatic heterocycles. The molecule has 2 N–H and O–H groups in total. The first-order chi connectivity index (χ1) is 10.7. The molecule has 4 rings (SSSR count). The fourth-order valence-electron chi connectivity index (χ4n) is 3.01. The van der Waals surface area contributed by atoms with Crippen LogP contribution in [-0.4, -0.2) is 22.4 Å². The molecule has 2 aromatic rings. The zero-order valence-electron chi connectivity index (χ0n) is 11.7. The molecular formula is C17H14N2O3. The predicted octanol–water partition coefficient (Wildman–Crippen LogP) is 2.65. The third-order valence-corrected chi connectivity index (χ3v) is 4.22. The monoisotopic (exact) mass is 294 g/mol. The van der Waals surface area contributed by atoms with Crippen LogP contribution < -0.4 is 10.1 Å². The number of rotatable bonds is 2. The van der Waals surface area contributed by atoms with E-state index in [0.29, 0.717) is 17.9 Å². The van der Waals surface area contributed by atoms with E-state index in [0.717, 1.165) is 11.3 Å². The SMILES string of the molecule is O=C(Nc1ccccc1)[C@]12C[C@H]1/C(=N\O)c1ccccc1O2. The number of carbonyl (C=O) groups excluding carboxylic acids is 1. The summed E-state index contributed by atoms with van der Waals surface area (Å²) >= 11 is 0. The maximum absolute atomic E-state index is 12.6. The van der Waals surface area contributed by atoms with Crippen LogP contribution in [0.25, 0.3) is 0 Å². The molecule has 0 saturated heterocycles. The van der Waals surface area contributed by atoms with Crippen molar-refractivity contribution in [3.05, 3.63) is 60.2 Å². The lowest BCUT2D eigenvalue weighted by molar-refractivity contribution is -0.125. The van der Waals surface area contributed by atoms with Gasteiger partial charge in [0.15, 0.2) is 5.60 Å². The van der Waals surface area contributed by atoms with Gasteiger partial charge in [-0.1, -0.05) is 35.5 Å². The van der Waals surface area contributed by atoms with Crippen LogP contribution in [0.4, 0.5) is 5.69 Å². The van der Waals surface area contributed by atoms with E-state index < -0.39 is 5.60 Å². The summed E-state index contributed by atoms with van der Waals surface area (Å²) in [5, 5.41) is 15.6. The second-order valence-electron chi connectivity index (χ2n) is 5.55. The summed E-state index contributed by atoms with van der Waals surface area (Å²) in [4.78, 5) is 12.6. The number of anilines is 1. The van der Waals surface area contributed by atoms with E-state index in [1.165, 1.54) is 0 Å². The molecule has 0 aromatic heterocycles. The first-order valence-corrected chi connectivity index (χ1v) is 7.11. The van der Waals surface area contributed by atoms with Gasteiger partial charge in [-0.25, -0.2) is 0 Å². The van der Waals surface area contributed by atoms with Crippen molar-refractivity contribution in [2.24, 2.45) is 11.1 Å². The van der Waals surface area contributed by atoms with Gasteiger partial charge in [0.2, 0.25) is 0 Å². The van der Waals surface area contributed by atoms with Crippen LogP contribution in [0.2, 0.25) is 0 Å². The van der Waals surface area contributed by atoms with Crippen LogP contribution in [0.1, 0.15) is 12.0 Å². The van der Waals surface area contributed by atoms with Gasteiger partial charge in [-0.2, -0.15) is 0 Å². The smallest absolute Gasteiger partial charge is 0.269 e. The van der Waals surface area contributed by atoms with Gasteiger partial charge >= 0.3 is 0 Å². The molecule has 5 nitrogen and oxygen atoms in total. The summed E-state index contributed by atoms with van der Waals surface area (Å²) in [6.07, 6.45) is 0.514. The molecule has 2 aliphatic rings. The van der Waals surface area contributed by atoms with Crippen molar-refractivity contribution >= 4 is 17.3 Å². The molecule has 1 aliphatic carbocycles. The van der Waals surface area contributed by atoms with Crippen molar-refractivity contribution < 1.29 is 14.7 Å². The highest BCUT2D eigenvalue weighted by Gasteiger charge is 2.68. The highest BCUT2D eigenvalue weighted by molar-refractivity contribution is 6.15. The summed E-state index contributed by atoms with van der Waals surface area (Å²) in [6, 6.07) is 16.6. The number of hydrogen-bond donors (Lipinski definition) is 2. The third-order valence-electron chi connectivity index (χ3n) is 4.22. The normalized spacial score (nSPS) is 26.5. The van der Waals surface area contributed by atoms with Gasteiger partial charge < -0.3 is 15.3 Å². The number of para-hydroxylation sites is 2. The van der Waals surface area contributed by atoms with Crippen molar-refractivity contribution in [2.75, 3.05) is 5.32 Å². The summed E-state index contributed by atoms with van der Waals surface area (Å²) in [6.45, 7) is 0. The minimum Gasteiger partial charge on any atom is -0.476 e. The standard InChI is InChI=1S/C17H14N2O3/c20-16(18-11-6-2-1-3-7-11)17-10-13(17)15(19-21)12-8-4-5-9-14(12)22-17/h1-9,13,21H,10H2,(H,18,20)/b19-15-/t13-,17-/m0/s1. The Labute approximate surface area is 127 Å². The van der Waals surface area contributed by atoms with Crippen molar-refractivity contribution in [1.29, 1.82) is 0 Å². The highest BCUT2D eigenvalue weighted by atomic mass is 16.5. The van der Waals surface area contributed by atoms with Gasteiger partial charge in [0.1, 0.15) is 5.75 Å². The molecular weight excluding hydrogens is 280 g/mol. The molecule has 0 bridgehead atoms. The first-order valence-electron chi connectivity index (χ1n) is 7.11. The van der Waals surface area contributed by atoms with E-state index in [-0.39, 0.29) is 11.8 Å². The number of amides is 1. The van der Waals surface area contributed by atoms with Gasteiger partial charge in [-0.3, -0.25) is 4.79 Å². The lowest BCUT2D eigenvalue weighted by Crippen LogP contribution is -2.41. The van der Waals surface area contributed by atoms with Crippen molar-refractivity contribution in [2.45, 2.75) is 12.0 Å². The number of fused-ring (bicyclic) bond motifs is 2. The Bertz CT molecular complexity index is 772. The van der Waals surface area contributed by atoms with E-state index in [4.69, 9.17) is 4.74 Å². The van der Waals surface area contributed by atoms with Crippen LogP contribution >= 0.6 is 0 Å². The summed E-state index contributed by atoms with van der Waals surface area (Å²) in [5.41, 5.74) is 1.02. The Kier molecular flexibility index (Phi) is 2.69. The highest BCUT2D eigenvalue weighted by Crippen LogP contribution is 2.54. The Hall–Kier alpha value is -2.82.